The molecule has 0 aliphatic carbocycles. The minimum Gasteiger partial charge on any atom is -0.307 e. The first-order valence-electron chi connectivity index (χ1n) is 6.48. The van der Waals surface area contributed by atoms with E-state index in [1.54, 1.807) is 0 Å². The molecular formula is C17H15N. The molecule has 1 aliphatic heterocycles. The molecule has 1 heterocycles. The SMILES string of the molecule is Cc1ccc2c(C3CN3)c3ccccc3cc2c1. The molecule has 1 fully saturated rings. The summed E-state index contributed by atoms with van der Waals surface area (Å²) in [7, 11) is 0. The first-order chi connectivity index (χ1) is 8.83. The minimum absolute atomic E-state index is 0.543. The fourth-order valence-corrected chi connectivity index (χ4v) is 2.87. The van der Waals surface area contributed by atoms with Gasteiger partial charge in [-0.15, -0.1) is 0 Å². The molecule has 0 amide bonds. The minimum atomic E-state index is 0.543. The fraction of sp³-hybridized carbons (Fsp3) is 0.176. The lowest BCUT2D eigenvalue weighted by Gasteiger charge is -2.10. The van der Waals surface area contributed by atoms with Gasteiger partial charge in [-0.1, -0.05) is 48.0 Å². The zero-order valence-electron chi connectivity index (χ0n) is 10.4. The van der Waals surface area contributed by atoms with Crippen molar-refractivity contribution in [3.8, 4) is 0 Å². The average molecular weight is 233 g/mol. The van der Waals surface area contributed by atoms with Crippen LogP contribution in [0.4, 0.5) is 0 Å². The summed E-state index contributed by atoms with van der Waals surface area (Å²) in [6, 6.07) is 18.3. The van der Waals surface area contributed by atoms with Crippen LogP contribution in [0.15, 0.2) is 48.5 Å². The van der Waals surface area contributed by atoms with E-state index in [1.807, 2.05) is 0 Å². The van der Waals surface area contributed by atoms with E-state index in [4.69, 9.17) is 0 Å². The quantitative estimate of drug-likeness (QED) is 0.499. The average Bonchev–Trinajstić information content (AvgIpc) is 3.20. The van der Waals surface area contributed by atoms with Crippen molar-refractivity contribution in [1.82, 2.24) is 5.32 Å². The summed E-state index contributed by atoms with van der Waals surface area (Å²) in [5.74, 6) is 0. The third kappa shape index (κ3) is 1.44. The van der Waals surface area contributed by atoms with Gasteiger partial charge in [0.25, 0.3) is 0 Å². The lowest BCUT2D eigenvalue weighted by Crippen LogP contribution is -1.90. The molecule has 88 valence electrons. The van der Waals surface area contributed by atoms with Gasteiger partial charge in [0.15, 0.2) is 0 Å². The fourth-order valence-electron chi connectivity index (χ4n) is 2.87. The van der Waals surface area contributed by atoms with E-state index in [0.29, 0.717) is 6.04 Å². The van der Waals surface area contributed by atoms with Crippen LogP contribution < -0.4 is 5.32 Å². The van der Waals surface area contributed by atoms with E-state index in [2.05, 4.69) is 60.8 Å². The number of benzene rings is 3. The zero-order chi connectivity index (χ0) is 12.1. The predicted molar refractivity (Wildman–Crippen MR) is 76.9 cm³/mol. The summed E-state index contributed by atoms with van der Waals surface area (Å²) in [4.78, 5) is 0. The molecule has 0 spiro atoms. The second-order valence-corrected chi connectivity index (χ2v) is 5.20. The van der Waals surface area contributed by atoms with Crippen molar-refractivity contribution in [3.05, 3.63) is 59.7 Å². The maximum Gasteiger partial charge on any atom is 0.0460 e. The number of nitrogens with one attached hydrogen (secondary N) is 1. The molecule has 1 nitrogen and oxygen atoms in total. The van der Waals surface area contributed by atoms with Crippen LogP contribution in [0.1, 0.15) is 17.2 Å². The standard InChI is InChI=1S/C17H15N/c1-11-6-7-15-13(8-11)9-12-4-2-3-5-14(12)17(15)16-10-18-16/h2-9,16,18H,10H2,1H3. The Morgan fingerprint density at radius 3 is 2.56 bits per heavy atom. The van der Waals surface area contributed by atoms with Crippen LogP contribution in [0.25, 0.3) is 21.5 Å². The summed E-state index contributed by atoms with van der Waals surface area (Å²) in [6.45, 7) is 3.26. The first kappa shape index (κ1) is 10.1. The Labute approximate surface area is 106 Å². The summed E-state index contributed by atoms with van der Waals surface area (Å²) in [5, 5.41) is 8.94. The molecule has 4 rings (SSSR count). The Kier molecular flexibility index (Phi) is 2.00. The monoisotopic (exact) mass is 233 g/mol. The molecule has 1 saturated heterocycles. The van der Waals surface area contributed by atoms with Crippen molar-refractivity contribution >= 4 is 21.5 Å². The van der Waals surface area contributed by atoms with E-state index in [9.17, 15) is 0 Å². The van der Waals surface area contributed by atoms with Crippen molar-refractivity contribution in [1.29, 1.82) is 0 Å². The van der Waals surface area contributed by atoms with Crippen LogP contribution in [0.3, 0.4) is 0 Å². The van der Waals surface area contributed by atoms with Gasteiger partial charge in [-0.25, -0.2) is 0 Å². The van der Waals surface area contributed by atoms with Gasteiger partial charge in [0.2, 0.25) is 0 Å². The number of hydrogen-bond donors (Lipinski definition) is 1. The number of hydrogen-bond acceptors (Lipinski definition) is 1. The van der Waals surface area contributed by atoms with Gasteiger partial charge in [0.1, 0.15) is 0 Å². The highest BCUT2D eigenvalue weighted by molar-refractivity contribution is 6.03. The lowest BCUT2D eigenvalue weighted by atomic mass is 9.94. The number of rotatable bonds is 1. The first-order valence-corrected chi connectivity index (χ1v) is 6.48. The van der Waals surface area contributed by atoms with Crippen LogP contribution in [0, 0.1) is 6.92 Å². The summed E-state index contributed by atoms with van der Waals surface area (Å²) < 4.78 is 0. The molecule has 3 aromatic rings. The number of fused-ring (bicyclic) bond motifs is 2. The van der Waals surface area contributed by atoms with Gasteiger partial charge >= 0.3 is 0 Å². The molecule has 0 radical (unpaired) electrons. The highest BCUT2D eigenvalue weighted by Gasteiger charge is 2.26. The molecule has 0 saturated carbocycles. The highest BCUT2D eigenvalue weighted by atomic mass is 15.1. The predicted octanol–water partition coefficient (Wildman–Crippen LogP) is 3.95. The molecule has 1 N–H and O–H groups in total. The molecular weight excluding hydrogens is 218 g/mol. The zero-order valence-corrected chi connectivity index (χ0v) is 10.4. The lowest BCUT2D eigenvalue weighted by molar-refractivity contribution is 1.11. The Bertz CT molecular complexity index is 754. The molecule has 0 bridgehead atoms. The van der Waals surface area contributed by atoms with Gasteiger partial charge < -0.3 is 5.32 Å². The smallest absolute Gasteiger partial charge is 0.0460 e. The third-order valence-electron chi connectivity index (χ3n) is 3.82. The Morgan fingerprint density at radius 1 is 0.944 bits per heavy atom. The normalized spacial score (nSPS) is 18.4. The summed E-state index contributed by atoms with van der Waals surface area (Å²) >= 11 is 0. The molecule has 3 aromatic carbocycles. The number of aryl methyl sites for hydroxylation is 1. The van der Waals surface area contributed by atoms with Crippen molar-refractivity contribution in [2.75, 3.05) is 6.54 Å². The Morgan fingerprint density at radius 2 is 1.72 bits per heavy atom. The van der Waals surface area contributed by atoms with Gasteiger partial charge in [-0.2, -0.15) is 0 Å². The van der Waals surface area contributed by atoms with Crippen LogP contribution >= 0.6 is 0 Å². The van der Waals surface area contributed by atoms with Crippen LogP contribution in [-0.4, -0.2) is 6.54 Å². The summed E-state index contributed by atoms with van der Waals surface area (Å²) in [5.41, 5.74) is 2.80. The topological polar surface area (TPSA) is 21.9 Å². The maximum atomic E-state index is 3.45. The maximum absolute atomic E-state index is 3.45. The molecule has 1 atom stereocenters. The van der Waals surface area contributed by atoms with Crippen molar-refractivity contribution in [2.24, 2.45) is 0 Å². The van der Waals surface area contributed by atoms with E-state index in [-0.39, 0.29) is 0 Å². The second-order valence-electron chi connectivity index (χ2n) is 5.20. The van der Waals surface area contributed by atoms with Crippen LogP contribution in [0.2, 0.25) is 0 Å². The van der Waals surface area contributed by atoms with E-state index >= 15 is 0 Å². The van der Waals surface area contributed by atoms with Crippen molar-refractivity contribution in [3.63, 3.8) is 0 Å². The third-order valence-corrected chi connectivity index (χ3v) is 3.82. The van der Waals surface area contributed by atoms with E-state index < -0.39 is 0 Å². The van der Waals surface area contributed by atoms with E-state index in [1.165, 1.54) is 32.7 Å². The Balaban J connectivity index is 2.21. The molecule has 1 unspecified atom stereocenters. The Hall–Kier alpha value is -1.86. The molecule has 1 aliphatic rings. The molecule has 1 heteroatoms. The van der Waals surface area contributed by atoms with Crippen LogP contribution in [0.5, 0.6) is 0 Å². The molecule has 0 aromatic heterocycles. The van der Waals surface area contributed by atoms with Crippen molar-refractivity contribution in [2.45, 2.75) is 13.0 Å². The van der Waals surface area contributed by atoms with Gasteiger partial charge in [0.05, 0.1) is 0 Å². The van der Waals surface area contributed by atoms with Gasteiger partial charge in [0, 0.05) is 12.6 Å². The summed E-state index contributed by atoms with van der Waals surface area (Å²) in [6.07, 6.45) is 0. The van der Waals surface area contributed by atoms with Gasteiger partial charge in [-0.05, 0) is 40.1 Å². The molecule has 18 heavy (non-hydrogen) atoms. The van der Waals surface area contributed by atoms with Crippen molar-refractivity contribution < 1.29 is 0 Å². The van der Waals surface area contributed by atoms with Crippen LogP contribution in [-0.2, 0) is 0 Å². The largest absolute Gasteiger partial charge is 0.307 e. The highest BCUT2D eigenvalue weighted by Crippen LogP contribution is 2.36. The van der Waals surface area contributed by atoms with E-state index in [0.717, 1.165) is 6.54 Å². The second kappa shape index (κ2) is 3.56. The van der Waals surface area contributed by atoms with Gasteiger partial charge in [-0.3, -0.25) is 0 Å².